The summed E-state index contributed by atoms with van der Waals surface area (Å²) in [5, 5.41) is 6.18. The summed E-state index contributed by atoms with van der Waals surface area (Å²) in [6, 6.07) is 20.7. The Morgan fingerprint density at radius 2 is 1.88 bits per heavy atom. The normalized spacial score (nSPS) is 15.3. The van der Waals surface area contributed by atoms with Crippen molar-refractivity contribution in [3.05, 3.63) is 95.4 Å². The van der Waals surface area contributed by atoms with Crippen molar-refractivity contribution < 1.29 is 13.9 Å². The van der Waals surface area contributed by atoms with Crippen molar-refractivity contribution in [2.75, 3.05) is 17.7 Å². The third-order valence-electron chi connectivity index (χ3n) is 5.59. The van der Waals surface area contributed by atoms with Crippen molar-refractivity contribution in [1.82, 2.24) is 9.55 Å². The van der Waals surface area contributed by atoms with Gasteiger partial charge in [-0.2, -0.15) is 0 Å². The quantitative estimate of drug-likeness (QED) is 0.474. The molecule has 0 saturated carbocycles. The summed E-state index contributed by atoms with van der Waals surface area (Å²) in [5.41, 5.74) is 4.37. The predicted molar refractivity (Wildman–Crippen MR) is 122 cm³/mol. The Morgan fingerprint density at radius 3 is 2.66 bits per heavy atom. The number of para-hydroxylation sites is 2. The van der Waals surface area contributed by atoms with E-state index in [1.807, 2.05) is 60.0 Å². The summed E-state index contributed by atoms with van der Waals surface area (Å²) < 4.78 is 20.8. The lowest BCUT2D eigenvalue weighted by Gasteiger charge is -2.31. The van der Waals surface area contributed by atoms with Crippen LogP contribution in [0.3, 0.4) is 0 Å². The molecule has 1 unspecified atom stereocenters. The fourth-order valence-electron chi connectivity index (χ4n) is 4.12. The molecule has 1 aliphatic heterocycles. The maximum Gasteiger partial charge on any atom is 0.255 e. The van der Waals surface area contributed by atoms with Crippen molar-refractivity contribution in [2.24, 2.45) is 0 Å². The van der Waals surface area contributed by atoms with E-state index in [0.717, 1.165) is 16.6 Å². The molecule has 0 aliphatic carbocycles. The topological polar surface area (TPSA) is 68.2 Å². The highest BCUT2D eigenvalue weighted by molar-refractivity contribution is 6.06. The lowest BCUT2D eigenvalue weighted by Crippen LogP contribution is -2.30. The van der Waals surface area contributed by atoms with Crippen molar-refractivity contribution in [3.63, 3.8) is 0 Å². The molecule has 5 rings (SSSR count). The van der Waals surface area contributed by atoms with Crippen LogP contribution in [0.25, 0.3) is 11.0 Å². The van der Waals surface area contributed by atoms with Gasteiger partial charge in [-0.3, -0.25) is 9.36 Å². The van der Waals surface area contributed by atoms with E-state index in [0.29, 0.717) is 28.7 Å². The first kappa shape index (κ1) is 19.8. The molecule has 1 aliphatic rings. The predicted octanol–water partition coefficient (Wildman–Crippen LogP) is 5.11. The summed E-state index contributed by atoms with van der Waals surface area (Å²) in [6.45, 7) is 1.86. The number of halogens is 1. The molecule has 0 bridgehead atoms. The Kier molecular flexibility index (Phi) is 4.86. The average molecular weight is 428 g/mol. The third-order valence-corrected chi connectivity index (χ3v) is 5.59. The van der Waals surface area contributed by atoms with E-state index in [1.165, 1.54) is 24.3 Å². The van der Waals surface area contributed by atoms with Crippen molar-refractivity contribution in [2.45, 2.75) is 13.0 Å². The summed E-state index contributed by atoms with van der Waals surface area (Å²) in [7, 11) is 1.61. The van der Waals surface area contributed by atoms with Crippen molar-refractivity contribution in [1.29, 1.82) is 0 Å². The number of amides is 1. The number of carbonyl (C=O) groups excluding carboxylic acids is 1. The fraction of sp³-hybridized carbons (Fsp3) is 0.120. The monoisotopic (exact) mass is 428 g/mol. The highest BCUT2D eigenvalue weighted by atomic mass is 19.1. The largest absolute Gasteiger partial charge is 0.497 e. The van der Waals surface area contributed by atoms with Gasteiger partial charge in [0.05, 0.1) is 29.8 Å². The summed E-state index contributed by atoms with van der Waals surface area (Å²) >= 11 is 0. The van der Waals surface area contributed by atoms with E-state index >= 15 is 0 Å². The van der Waals surface area contributed by atoms with E-state index in [-0.39, 0.29) is 11.7 Å². The Morgan fingerprint density at radius 1 is 1.09 bits per heavy atom. The van der Waals surface area contributed by atoms with E-state index in [4.69, 9.17) is 9.72 Å². The van der Waals surface area contributed by atoms with Crippen LogP contribution in [0.4, 0.5) is 16.0 Å². The first-order valence-electron chi connectivity index (χ1n) is 10.2. The molecule has 2 N–H and O–H groups in total. The number of nitrogens with one attached hydrogen (secondary N) is 2. The van der Waals surface area contributed by atoms with Crippen LogP contribution in [0.1, 0.15) is 18.5 Å². The zero-order chi connectivity index (χ0) is 22.2. The molecular formula is C25H21FN4O2. The number of aromatic nitrogens is 2. The first-order chi connectivity index (χ1) is 15.5. The minimum absolute atomic E-state index is 0.280. The smallest absolute Gasteiger partial charge is 0.255 e. The Hall–Kier alpha value is -4.13. The summed E-state index contributed by atoms with van der Waals surface area (Å²) in [6.07, 6.45) is 0. The second-order valence-electron chi connectivity index (χ2n) is 7.60. The zero-order valence-electron chi connectivity index (χ0n) is 17.6. The summed E-state index contributed by atoms with van der Waals surface area (Å²) in [4.78, 5) is 18.2. The molecule has 7 heteroatoms. The number of carbonyl (C=O) groups is 1. The molecule has 2 heterocycles. The molecule has 0 fully saturated rings. The Labute approximate surface area is 184 Å². The van der Waals surface area contributed by atoms with Crippen LogP contribution < -0.4 is 15.4 Å². The molecule has 1 amide bonds. The molecular weight excluding hydrogens is 407 g/mol. The van der Waals surface area contributed by atoms with Crippen LogP contribution in [0.2, 0.25) is 0 Å². The van der Waals surface area contributed by atoms with Gasteiger partial charge in [-0.15, -0.1) is 0 Å². The maximum absolute atomic E-state index is 13.5. The molecule has 32 heavy (non-hydrogen) atoms. The van der Waals surface area contributed by atoms with E-state index in [1.54, 1.807) is 7.11 Å². The highest BCUT2D eigenvalue weighted by Gasteiger charge is 2.34. The van der Waals surface area contributed by atoms with E-state index in [2.05, 4.69) is 10.6 Å². The number of imidazole rings is 1. The van der Waals surface area contributed by atoms with E-state index < -0.39 is 6.04 Å². The van der Waals surface area contributed by atoms with E-state index in [9.17, 15) is 9.18 Å². The number of hydrogen-bond acceptors (Lipinski definition) is 4. The molecule has 0 radical (unpaired) electrons. The van der Waals surface area contributed by atoms with Crippen LogP contribution in [0.5, 0.6) is 5.75 Å². The van der Waals surface area contributed by atoms with Gasteiger partial charge in [0.15, 0.2) is 0 Å². The van der Waals surface area contributed by atoms with Gasteiger partial charge in [-0.25, -0.2) is 9.37 Å². The third kappa shape index (κ3) is 3.37. The number of fused-ring (bicyclic) bond motifs is 3. The fourth-order valence-corrected chi connectivity index (χ4v) is 4.12. The number of ether oxygens (including phenoxy) is 1. The van der Waals surface area contributed by atoms with Gasteiger partial charge in [-0.05, 0) is 61.0 Å². The summed E-state index contributed by atoms with van der Waals surface area (Å²) in [5.74, 6) is 0.720. The first-order valence-corrected chi connectivity index (χ1v) is 10.2. The Bertz CT molecular complexity index is 1360. The molecule has 3 aromatic carbocycles. The van der Waals surface area contributed by atoms with Gasteiger partial charge in [0.2, 0.25) is 5.95 Å². The zero-order valence-corrected chi connectivity index (χ0v) is 17.6. The van der Waals surface area contributed by atoms with Gasteiger partial charge >= 0.3 is 0 Å². The van der Waals surface area contributed by atoms with Crippen LogP contribution >= 0.6 is 0 Å². The number of hydrogen-bond donors (Lipinski definition) is 2. The molecule has 0 spiro atoms. The van der Waals surface area contributed by atoms with Gasteiger partial charge in [0.1, 0.15) is 11.6 Å². The molecule has 0 saturated heterocycles. The Balaban J connectivity index is 1.66. The number of benzene rings is 3. The second kappa shape index (κ2) is 7.85. The number of methoxy groups -OCH3 is 1. The molecule has 1 atom stereocenters. The second-order valence-corrected chi connectivity index (χ2v) is 7.60. The van der Waals surface area contributed by atoms with Crippen LogP contribution in [0.15, 0.2) is 84.1 Å². The highest BCUT2D eigenvalue weighted by Crippen LogP contribution is 2.40. The van der Waals surface area contributed by atoms with Crippen LogP contribution in [-0.4, -0.2) is 22.6 Å². The molecule has 1 aromatic heterocycles. The molecule has 4 aromatic rings. The number of allylic oxidation sites excluding steroid dienone is 1. The lowest BCUT2D eigenvalue weighted by atomic mass is 9.94. The molecule has 160 valence electrons. The van der Waals surface area contributed by atoms with Gasteiger partial charge in [-0.1, -0.05) is 24.3 Å². The minimum atomic E-state index is -0.436. The van der Waals surface area contributed by atoms with Crippen LogP contribution in [0, 0.1) is 5.82 Å². The van der Waals surface area contributed by atoms with Crippen molar-refractivity contribution in [3.8, 4) is 5.75 Å². The number of anilines is 2. The van der Waals surface area contributed by atoms with Gasteiger partial charge < -0.3 is 15.4 Å². The number of nitrogens with zero attached hydrogens (tertiary/aromatic N) is 2. The average Bonchev–Trinajstić information content (AvgIpc) is 3.17. The van der Waals surface area contributed by atoms with Crippen LogP contribution in [-0.2, 0) is 4.79 Å². The molecule has 6 nitrogen and oxygen atoms in total. The number of rotatable bonds is 4. The van der Waals surface area contributed by atoms with Gasteiger partial charge in [0.25, 0.3) is 5.91 Å². The lowest BCUT2D eigenvalue weighted by molar-refractivity contribution is -0.113. The van der Waals surface area contributed by atoms with Gasteiger partial charge in [0, 0.05) is 11.4 Å². The minimum Gasteiger partial charge on any atom is -0.497 e. The SMILES string of the molecule is COc1cccc(C2C(C(=O)Nc3ccc(F)cc3)=C(C)Nc3nc4ccccc4n32)c1. The van der Waals surface area contributed by atoms with Crippen molar-refractivity contribution >= 4 is 28.6 Å². The standard InChI is InChI=1S/C25H21FN4O2/c1-15-22(24(31)28-18-12-10-17(26)11-13-18)23(16-6-5-7-19(14-16)32-2)30-21-9-4-3-8-20(21)29-25(30)27-15/h3-14,23H,1-2H3,(H,27,29)(H,28,31). The maximum atomic E-state index is 13.5.